The third-order valence-electron chi connectivity index (χ3n) is 2.72. The molecule has 0 spiro atoms. The molecule has 0 atom stereocenters. The Labute approximate surface area is 107 Å². The number of unbranched alkanes of at least 4 members (excludes halogenated alkanes) is 2. The van der Waals surface area contributed by atoms with Gasteiger partial charge in [0.15, 0.2) is 5.78 Å². The minimum atomic E-state index is -0.422. The summed E-state index contributed by atoms with van der Waals surface area (Å²) in [6.45, 7) is 2.13. The van der Waals surface area contributed by atoms with Crippen LogP contribution in [-0.2, 0) is 6.42 Å². The fourth-order valence-electron chi connectivity index (χ4n) is 1.74. The van der Waals surface area contributed by atoms with Crippen molar-refractivity contribution in [3.8, 4) is 0 Å². The van der Waals surface area contributed by atoms with Gasteiger partial charge in [-0.3, -0.25) is 4.79 Å². The van der Waals surface area contributed by atoms with Gasteiger partial charge in [-0.1, -0.05) is 25.8 Å². The summed E-state index contributed by atoms with van der Waals surface area (Å²) in [6.07, 6.45) is 4.41. The van der Waals surface area contributed by atoms with Gasteiger partial charge in [-0.15, -0.1) is 11.6 Å². The maximum atomic E-state index is 13.7. The molecule has 0 bridgehead atoms. The zero-order valence-electron chi connectivity index (χ0n) is 10.1. The predicted molar refractivity (Wildman–Crippen MR) is 69.3 cm³/mol. The average Bonchev–Trinajstić information content (AvgIpc) is 2.29. The van der Waals surface area contributed by atoms with Gasteiger partial charge in [0.25, 0.3) is 0 Å². The SMILES string of the molecule is CCCCCc1ccc(C(=O)CCCl)c(F)c1. The molecule has 0 saturated heterocycles. The Kier molecular flexibility index (Phi) is 6.20. The van der Waals surface area contributed by atoms with E-state index in [2.05, 4.69) is 6.92 Å². The Morgan fingerprint density at radius 2 is 2.12 bits per heavy atom. The van der Waals surface area contributed by atoms with Crippen LogP contribution < -0.4 is 0 Å². The van der Waals surface area contributed by atoms with Gasteiger partial charge in [0.2, 0.25) is 0 Å². The highest BCUT2D eigenvalue weighted by molar-refractivity contribution is 6.19. The smallest absolute Gasteiger partial charge is 0.167 e. The van der Waals surface area contributed by atoms with E-state index in [0.717, 1.165) is 31.2 Å². The maximum absolute atomic E-state index is 13.7. The standard InChI is InChI=1S/C14H18ClFO/c1-2-3-4-5-11-6-7-12(13(16)10-11)14(17)8-9-15/h6-7,10H,2-5,8-9H2,1H3. The summed E-state index contributed by atoms with van der Waals surface area (Å²) in [4.78, 5) is 11.5. The van der Waals surface area contributed by atoms with Gasteiger partial charge in [-0.2, -0.15) is 0 Å². The summed E-state index contributed by atoms with van der Waals surface area (Å²) in [5.41, 5.74) is 1.11. The maximum Gasteiger partial charge on any atom is 0.167 e. The van der Waals surface area contributed by atoms with Crippen molar-refractivity contribution < 1.29 is 9.18 Å². The van der Waals surface area contributed by atoms with Crippen LogP contribution in [0.3, 0.4) is 0 Å². The number of hydrogen-bond acceptors (Lipinski definition) is 1. The second-order valence-electron chi connectivity index (χ2n) is 4.13. The number of hydrogen-bond donors (Lipinski definition) is 0. The van der Waals surface area contributed by atoms with Crippen LogP contribution in [0.25, 0.3) is 0 Å². The molecule has 1 aromatic rings. The van der Waals surface area contributed by atoms with Crippen LogP contribution in [-0.4, -0.2) is 11.7 Å². The zero-order valence-corrected chi connectivity index (χ0v) is 10.9. The van der Waals surface area contributed by atoms with Gasteiger partial charge in [0.05, 0.1) is 5.56 Å². The van der Waals surface area contributed by atoms with Crippen molar-refractivity contribution in [2.45, 2.75) is 39.0 Å². The number of rotatable bonds is 7. The molecule has 1 aromatic carbocycles. The largest absolute Gasteiger partial charge is 0.294 e. The van der Waals surface area contributed by atoms with Gasteiger partial charge in [-0.25, -0.2) is 4.39 Å². The molecule has 0 unspecified atom stereocenters. The molecular weight excluding hydrogens is 239 g/mol. The van der Waals surface area contributed by atoms with Gasteiger partial charge in [-0.05, 0) is 30.5 Å². The number of carbonyl (C=O) groups is 1. The van der Waals surface area contributed by atoms with Crippen LogP contribution in [0.5, 0.6) is 0 Å². The minimum absolute atomic E-state index is 0.157. The first-order chi connectivity index (χ1) is 8.19. The molecule has 0 aliphatic heterocycles. The molecule has 0 aromatic heterocycles. The zero-order chi connectivity index (χ0) is 12.7. The van der Waals surface area contributed by atoms with Crippen molar-refractivity contribution in [2.75, 3.05) is 5.88 Å². The Morgan fingerprint density at radius 1 is 1.35 bits per heavy atom. The lowest BCUT2D eigenvalue weighted by atomic mass is 10.0. The molecule has 0 aliphatic rings. The number of aryl methyl sites for hydroxylation is 1. The normalized spacial score (nSPS) is 10.5. The summed E-state index contributed by atoms with van der Waals surface area (Å²) < 4.78 is 13.7. The third-order valence-corrected chi connectivity index (χ3v) is 2.91. The van der Waals surface area contributed by atoms with Crippen LogP contribution in [0.4, 0.5) is 4.39 Å². The molecule has 0 N–H and O–H groups in total. The van der Waals surface area contributed by atoms with E-state index >= 15 is 0 Å². The van der Waals surface area contributed by atoms with Gasteiger partial charge in [0, 0.05) is 12.3 Å². The van der Waals surface area contributed by atoms with Gasteiger partial charge in [0.1, 0.15) is 5.82 Å². The van der Waals surface area contributed by atoms with E-state index in [4.69, 9.17) is 11.6 Å². The molecule has 0 fully saturated rings. The van der Waals surface area contributed by atoms with Crippen LogP contribution in [0.2, 0.25) is 0 Å². The van der Waals surface area contributed by atoms with Crippen molar-refractivity contribution in [2.24, 2.45) is 0 Å². The summed E-state index contributed by atoms with van der Waals surface area (Å²) in [7, 11) is 0. The molecule has 3 heteroatoms. The Balaban J connectivity index is 2.68. The molecule has 0 radical (unpaired) electrons. The first kappa shape index (κ1) is 14.2. The molecular formula is C14H18ClFO. The molecule has 17 heavy (non-hydrogen) atoms. The second-order valence-corrected chi connectivity index (χ2v) is 4.51. The molecule has 0 saturated carbocycles. The number of ketones is 1. The molecule has 94 valence electrons. The predicted octanol–water partition coefficient (Wildman–Crippen LogP) is 4.37. The fourth-order valence-corrected chi connectivity index (χ4v) is 1.91. The molecule has 0 aliphatic carbocycles. The Bertz CT molecular complexity index is 376. The Hall–Kier alpha value is -0.890. The number of Topliss-reactive ketones (excluding diaryl/α,β-unsaturated/α-hetero) is 1. The lowest BCUT2D eigenvalue weighted by molar-refractivity contribution is 0.0985. The van der Waals surface area contributed by atoms with E-state index in [1.165, 1.54) is 6.07 Å². The molecule has 1 rings (SSSR count). The summed E-state index contributed by atoms with van der Waals surface area (Å²) in [5, 5.41) is 0. The van der Waals surface area contributed by atoms with Crippen LogP contribution in [0.1, 0.15) is 48.5 Å². The first-order valence-corrected chi connectivity index (χ1v) is 6.60. The van der Waals surface area contributed by atoms with E-state index < -0.39 is 5.82 Å². The number of carbonyl (C=O) groups excluding carboxylic acids is 1. The highest BCUT2D eigenvalue weighted by Crippen LogP contribution is 2.15. The van der Waals surface area contributed by atoms with Crippen LogP contribution in [0, 0.1) is 5.82 Å². The fraction of sp³-hybridized carbons (Fsp3) is 0.500. The average molecular weight is 257 g/mol. The summed E-state index contributed by atoms with van der Waals surface area (Å²) >= 11 is 5.47. The van der Waals surface area contributed by atoms with Crippen molar-refractivity contribution in [1.29, 1.82) is 0 Å². The van der Waals surface area contributed by atoms with Crippen LogP contribution >= 0.6 is 11.6 Å². The molecule has 0 amide bonds. The summed E-state index contributed by atoms with van der Waals surface area (Å²) in [6, 6.07) is 4.88. The number of alkyl halides is 1. The Morgan fingerprint density at radius 3 is 2.71 bits per heavy atom. The monoisotopic (exact) mass is 256 g/mol. The van der Waals surface area contributed by atoms with E-state index in [0.29, 0.717) is 0 Å². The third kappa shape index (κ3) is 4.47. The quantitative estimate of drug-likeness (QED) is 0.402. The van der Waals surface area contributed by atoms with Crippen LogP contribution in [0.15, 0.2) is 18.2 Å². The summed E-state index contributed by atoms with van der Waals surface area (Å²) in [5.74, 6) is -0.414. The second kappa shape index (κ2) is 7.44. The highest BCUT2D eigenvalue weighted by Gasteiger charge is 2.11. The molecule has 0 heterocycles. The van der Waals surface area contributed by atoms with Crippen molar-refractivity contribution in [1.82, 2.24) is 0 Å². The van der Waals surface area contributed by atoms with E-state index in [9.17, 15) is 9.18 Å². The molecule has 1 nitrogen and oxygen atoms in total. The van der Waals surface area contributed by atoms with E-state index in [1.54, 1.807) is 6.07 Å². The van der Waals surface area contributed by atoms with E-state index in [-0.39, 0.29) is 23.6 Å². The van der Waals surface area contributed by atoms with Gasteiger partial charge >= 0.3 is 0 Å². The van der Waals surface area contributed by atoms with Gasteiger partial charge < -0.3 is 0 Å². The lowest BCUT2D eigenvalue weighted by Gasteiger charge is -2.05. The first-order valence-electron chi connectivity index (χ1n) is 6.06. The number of halogens is 2. The topological polar surface area (TPSA) is 17.1 Å². The highest BCUT2D eigenvalue weighted by atomic mass is 35.5. The lowest BCUT2D eigenvalue weighted by Crippen LogP contribution is -2.03. The minimum Gasteiger partial charge on any atom is -0.294 e. The van der Waals surface area contributed by atoms with Crippen molar-refractivity contribution in [3.63, 3.8) is 0 Å². The van der Waals surface area contributed by atoms with Crippen molar-refractivity contribution >= 4 is 17.4 Å². The van der Waals surface area contributed by atoms with Crippen molar-refractivity contribution in [3.05, 3.63) is 35.1 Å². The van der Waals surface area contributed by atoms with E-state index in [1.807, 2.05) is 6.07 Å². The number of benzene rings is 1.